The van der Waals surface area contributed by atoms with Gasteiger partial charge in [-0.05, 0) is 37.4 Å². The molecule has 1 N–H and O–H groups in total. The van der Waals surface area contributed by atoms with Gasteiger partial charge >= 0.3 is 0 Å². The number of nitrogens with one attached hydrogen (secondary N) is 1. The quantitative estimate of drug-likeness (QED) is 0.796. The molecule has 1 aromatic rings. The second kappa shape index (κ2) is 6.91. The van der Waals surface area contributed by atoms with Crippen molar-refractivity contribution in [3.05, 3.63) is 35.4 Å². The Kier molecular flexibility index (Phi) is 5.21. The third-order valence-corrected chi connectivity index (χ3v) is 3.99. The van der Waals surface area contributed by atoms with Crippen LogP contribution in [-0.2, 0) is 4.74 Å². The molecule has 2 heteroatoms. The summed E-state index contributed by atoms with van der Waals surface area (Å²) >= 11 is 0. The lowest BCUT2D eigenvalue weighted by Gasteiger charge is -2.26. The van der Waals surface area contributed by atoms with Gasteiger partial charge in [0, 0.05) is 13.2 Å². The number of likely N-dealkylation sites (N-methyl/N-ethyl adjacent to an activating group) is 1. The van der Waals surface area contributed by atoms with Gasteiger partial charge in [0.25, 0.3) is 0 Å². The number of hydrogen-bond acceptors (Lipinski definition) is 2. The molecule has 0 spiro atoms. The van der Waals surface area contributed by atoms with Gasteiger partial charge in [-0.25, -0.2) is 0 Å². The van der Waals surface area contributed by atoms with E-state index in [9.17, 15) is 0 Å². The molecule has 1 aliphatic carbocycles. The van der Waals surface area contributed by atoms with Crippen LogP contribution >= 0.6 is 0 Å². The Morgan fingerprint density at radius 1 is 1.33 bits per heavy atom. The van der Waals surface area contributed by atoms with Gasteiger partial charge in [-0.1, -0.05) is 43.5 Å². The summed E-state index contributed by atoms with van der Waals surface area (Å²) < 4.78 is 6.09. The third kappa shape index (κ3) is 3.56. The molecule has 0 aliphatic heterocycles. The van der Waals surface area contributed by atoms with Crippen LogP contribution in [-0.4, -0.2) is 20.2 Å². The van der Waals surface area contributed by atoms with Crippen LogP contribution < -0.4 is 5.32 Å². The van der Waals surface area contributed by atoms with Gasteiger partial charge in [0.2, 0.25) is 0 Å². The van der Waals surface area contributed by atoms with Crippen molar-refractivity contribution in [2.75, 3.05) is 20.2 Å². The molecule has 100 valence electrons. The zero-order valence-electron chi connectivity index (χ0n) is 11.6. The highest BCUT2D eigenvalue weighted by Crippen LogP contribution is 2.30. The second-order valence-electron chi connectivity index (χ2n) is 5.36. The van der Waals surface area contributed by atoms with Crippen molar-refractivity contribution in [3.63, 3.8) is 0 Å². The Balaban J connectivity index is 1.88. The Morgan fingerprint density at radius 2 is 2.11 bits per heavy atom. The Labute approximate surface area is 111 Å². The van der Waals surface area contributed by atoms with E-state index in [1.807, 2.05) is 7.05 Å². The van der Waals surface area contributed by atoms with Crippen molar-refractivity contribution in [3.8, 4) is 0 Å². The standard InChI is InChI=1S/C16H25NO/c1-13-6-3-4-9-15(13)16(12-17-2)18-11-10-14-7-5-8-14/h3-4,6,9,14,16-17H,5,7-8,10-12H2,1-2H3. The van der Waals surface area contributed by atoms with Gasteiger partial charge in [-0.15, -0.1) is 0 Å². The van der Waals surface area contributed by atoms with E-state index in [0.29, 0.717) is 0 Å². The van der Waals surface area contributed by atoms with Gasteiger partial charge in [-0.3, -0.25) is 0 Å². The van der Waals surface area contributed by atoms with Crippen LogP contribution in [0.5, 0.6) is 0 Å². The summed E-state index contributed by atoms with van der Waals surface area (Å²) in [5.74, 6) is 0.928. The van der Waals surface area contributed by atoms with E-state index in [4.69, 9.17) is 4.74 Å². The number of hydrogen-bond donors (Lipinski definition) is 1. The molecule has 1 fully saturated rings. The predicted molar refractivity (Wildman–Crippen MR) is 75.8 cm³/mol. The minimum Gasteiger partial charge on any atom is -0.372 e. The molecular weight excluding hydrogens is 222 g/mol. The van der Waals surface area contributed by atoms with Gasteiger partial charge in [-0.2, -0.15) is 0 Å². The summed E-state index contributed by atoms with van der Waals surface area (Å²) in [6, 6.07) is 8.53. The predicted octanol–water partition coefficient (Wildman–Crippen LogP) is 3.46. The highest BCUT2D eigenvalue weighted by molar-refractivity contribution is 5.28. The maximum Gasteiger partial charge on any atom is 0.0951 e. The molecule has 0 bridgehead atoms. The highest BCUT2D eigenvalue weighted by Gasteiger charge is 2.18. The molecule has 1 atom stereocenters. The summed E-state index contributed by atoms with van der Waals surface area (Å²) in [5.41, 5.74) is 2.64. The summed E-state index contributed by atoms with van der Waals surface area (Å²) in [7, 11) is 1.99. The monoisotopic (exact) mass is 247 g/mol. The average Bonchev–Trinajstić information content (AvgIpc) is 2.32. The summed E-state index contributed by atoms with van der Waals surface area (Å²) in [6.07, 6.45) is 5.65. The van der Waals surface area contributed by atoms with Crippen molar-refractivity contribution in [2.24, 2.45) is 5.92 Å². The first-order valence-electron chi connectivity index (χ1n) is 7.13. The van der Waals surface area contributed by atoms with E-state index in [-0.39, 0.29) is 6.10 Å². The van der Waals surface area contributed by atoms with Crippen LogP contribution in [0.15, 0.2) is 24.3 Å². The summed E-state index contributed by atoms with van der Waals surface area (Å²) in [6.45, 7) is 3.94. The molecule has 0 radical (unpaired) electrons. The average molecular weight is 247 g/mol. The van der Waals surface area contributed by atoms with E-state index in [1.165, 1.54) is 36.8 Å². The van der Waals surface area contributed by atoms with Gasteiger partial charge in [0.1, 0.15) is 0 Å². The number of rotatable bonds is 7. The van der Waals surface area contributed by atoms with Gasteiger partial charge < -0.3 is 10.1 Å². The lowest BCUT2D eigenvalue weighted by atomic mass is 9.83. The minimum atomic E-state index is 0.191. The fraction of sp³-hybridized carbons (Fsp3) is 0.625. The number of aryl methyl sites for hydroxylation is 1. The van der Waals surface area contributed by atoms with Crippen LogP contribution in [0.1, 0.15) is 42.9 Å². The van der Waals surface area contributed by atoms with Crippen molar-refractivity contribution in [1.29, 1.82) is 0 Å². The van der Waals surface area contributed by atoms with Crippen LogP contribution in [0.3, 0.4) is 0 Å². The van der Waals surface area contributed by atoms with Crippen LogP contribution in [0.4, 0.5) is 0 Å². The van der Waals surface area contributed by atoms with Crippen molar-refractivity contribution >= 4 is 0 Å². The molecule has 0 amide bonds. The SMILES string of the molecule is CNCC(OCCC1CCC1)c1ccccc1C. The molecular formula is C16H25NO. The smallest absolute Gasteiger partial charge is 0.0951 e. The lowest BCUT2D eigenvalue weighted by molar-refractivity contribution is 0.0379. The molecule has 2 nitrogen and oxygen atoms in total. The molecule has 0 aromatic heterocycles. The van der Waals surface area contributed by atoms with Crippen molar-refractivity contribution in [2.45, 2.75) is 38.7 Å². The molecule has 1 aromatic carbocycles. The van der Waals surface area contributed by atoms with E-state index < -0.39 is 0 Å². The molecule has 1 unspecified atom stereocenters. The lowest BCUT2D eigenvalue weighted by Crippen LogP contribution is -2.22. The topological polar surface area (TPSA) is 21.3 Å². The van der Waals surface area contributed by atoms with Crippen LogP contribution in [0.2, 0.25) is 0 Å². The normalized spacial score (nSPS) is 17.4. The first-order valence-corrected chi connectivity index (χ1v) is 7.13. The number of benzene rings is 1. The van der Waals surface area contributed by atoms with Crippen LogP contribution in [0.25, 0.3) is 0 Å². The van der Waals surface area contributed by atoms with Gasteiger partial charge in [0.05, 0.1) is 6.10 Å². The van der Waals surface area contributed by atoms with E-state index >= 15 is 0 Å². The minimum absolute atomic E-state index is 0.191. The van der Waals surface area contributed by atoms with Crippen molar-refractivity contribution < 1.29 is 4.74 Å². The first kappa shape index (κ1) is 13.6. The van der Waals surface area contributed by atoms with E-state index in [2.05, 4.69) is 36.5 Å². The van der Waals surface area contributed by atoms with E-state index in [0.717, 1.165) is 19.1 Å². The highest BCUT2D eigenvalue weighted by atomic mass is 16.5. The maximum atomic E-state index is 6.09. The largest absolute Gasteiger partial charge is 0.372 e. The zero-order valence-corrected chi connectivity index (χ0v) is 11.6. The molecule has 1 aliphatic rings. The Morgan fingerprint density at radius 3 is 2.72 bits per heavy atom. The molecule has 0 heterocycles. The summed E-state index contributed by atoms with van der Waals surface area (Å²) in [5, 5.41) is 3.23. The Hall–Kier alpha value is -0.860. The van der Waals surface area contributed by atoms with Crippen LogP contribution in [0, 0.1) is 12.8 Å². The van der Waals surface area contributed by atoms with E-state index in [1.54, 1.807) is 0 Å². The number of ether oxygens (including phenoxy) is 1. The fourth-order valence-corrected chi connectivity index (χ4v) is 2.55. The zero-order chi connectivity index (χ0) is 12.8. The molecule has 2 rings (SSSR count). The first-order chi connectivity index (χ1) is 8.81. The molecule has 18 heavy (non-hydrogen) atoms. The fourth-order valence-electron chi connectivity index (χ4n) is 2.55. The summed E-state index contributed by atoms with van der Waals surface area (Å²) in [4.78, 5) is 0. The van der Waals surface area contributed by atoms with Gasteiger partial charge in [0.15, 0.2) is 0 Å². The maximum absolute atomic E-state index is 6.09. The third-order valence-electron chi connectivity index (χ3n) is 3.99. The second-order valence-corrected chi connectivity index (χ2v) is 5.36. The van der Waals surface area contributed by atoms with Crippen molar-refractivity contribution in [1.82, 2.24) is 5.32 Å². The Bertz CT molecular complexity index is 360. The molecule has 0 saturated heterocycles. The molecule has 1 saturated carbocycles.